The number of sulfonamides is 1. The summed E-state index contributed by atoms with van der Waals surface area (Å²) in [6.07, 6.45) is 1.58. The van der Waals surface area contributed by atoms with E-state index in [0.29, 0.717) is 11.6 Å². The first-order valence-electron chi connectivity index (χ1n) is 7.79. The lowest BCUT2D eigenvalue weighted by atomic mass is 9.87. The first-order valence-corrected chi connectivity index (χ1v) is 9.27. The molecule has 0 bridgehead atoms. The van der Waals surface area contributed by atoms with Gasteiger partial charge in [-0.1, -0.05) is 26.8 Å². The van der Waals surface area contributed by atoms with Gasteiger partial charge in [0.05, 0.1) is 4.90 Å². The Morgan fingerprint density at radius 1 is 1.15 bits per heavy atom. The molecule has 0 radical (unpaired) electrons. The SMILES string of the molecule is CC(C)(C)C(NS(=O)(=O)c1ccc(Oc2ccccn2)cc1)C(=O)NO. The van der Waals surface area contributed by atoms with Gasteiger partial charge < -0.3 is 4.74 Å². The van der Waals surface area contributed by atoms with Gasteiger partial charge in [-0.25, -0.2) is 18.9 Å². The number of aromatic nitrogens is 1. The minimum atomic E-state index is -3.98. The normalized spacial score (nSPS) is 13.1. The van der Waals surface area contributed by atoms with Gasteiger partial charge in [0.15, 0.2) is 0 Å². The Hall–Kier alpha value is -2.49. The van der Waals surface area contributed by atoms with Crippen LogP contribution in [-0.4, -0.2) is 30.6 Å². The number of pyridine rings is 1. The first-order chi connectivity index (χ1) is 12.1. The fraction of sp³-hybridized carbons (Fsp3) is 0.294. The number of hydroxylamine groups is 1. The second kappa shape index (κ2) is 7.81. The van der Waals surface area contributed by atoms with E-state index in [-0.39, 0.29) is 4.90 Å². The maximum atomic E-state index is 12.6. The number of carbonyl (C=O) groups is 1. The van der Waals surface area contributed by atoms with Gasteiger partial charge in [-0.3, -0.25) is 10.0 Å². The molecule has 0 aliphatic heterocycles. The second-order valence-electron chi connectivity index (χ2n) is 6.64. The van der Waals surface area contributed by atoms with E-state index in [1.54, 1.807) is 45.2 Å². The smallest absolute Gasteiger partial charge is 0.262 e. The molecule has 0 aliphatic rings. The van der Waals surface area contributed by atoms with Crippen LogP contribution in [0.2, 0.25) is 0 Å². The zero-order chi connectivity index (χ0) is 19.4. The molecule has 1 heterocycles. The van der Waals surface area contributed by atoms with Crippen LogP contribution >= 0.6 is 0 Å². The third-order valence-corrected chi connectivity index (χ3v) is 4.94. The fourth-order valence-corrected chi connectivity index (χ4v) is 3.53. The summed E-state index contributed by atoms with van der Waals surface area (Å²) in [5.74, 6) is -0.0343. The molecule has 0 aliphatic carbocycles. The molecular weight excluding hydrogens is 358 g/mol. The van der Waals surface area contributed by atoms with Gasteiger partial charge in [0, 0.05) is 12.3 Å². The molecule has 2 aromatic rings. The highest BCUT2D eigenvalue weighted by molar-refractivity contribution is 7.89. The molecule has 1 aromatic heterocycles. The molecule has 9 heteroatoms. The van der Waals surface area contributed by atoms with Crippen molar-refractivity contribution in [2.24, 2.45) is 5.41 Å². The van der Waals surface area contributed by atoms with Gasteiger partial charge in [-0.05, 0) is 35.7 Å². The van der Waals surface area contributed by atoms with Gasteiger partial charge in [0.1, 0.15) is 11.8 Å². The number of amides is 1. The molecule has 0 fully saturated rings. The predicted octanol–water partition coefficient (Wildman–Crippen LogP) is 2.07. The highest BCUT2D eigenvalue weighted by Gasteiger charge is 2.35. The van der Waals surface area contributed by atoms with Crippen molar-refractivity contribution in [1.82, 2.24) is 15.2 Å². The van der Waals surface area contributed by atoms with Crippen LogP contribution in [0, 0.1) is 5.41 Å². The van der Waals surface area contributed by atoms with Gasteiger partial charge >= 0.3 is 0 Å². The summed E-state index contributed by atoms with van der Waals surface area (Å²) in [5.41, 5.74) is 0.741. The van der Waals surface area contributed by atoms with Crippen molar-refractivity contribution < 1.29 is 23.2 Å². The van der Waals surface area contributed by atoms with E-state index in [1.807, 2.05) is 0 Å². The molecule has 2 rings (SSSR count). The Labute approximate surface area is 152 Å². The van der Waals surface area contributed by atoms with Gasteiger partial charge in [-0.2, -0.15) is 4.72 Å². The van der Waals surface area contributed by atoms with Crippen LogP contribution in [0.3, 0.4) is 0 Å². The average Bonchev–Trinajstić information content (AvgIpc) is 2.59. The number of ether oxygens (including phenoxy) is 1. The highest BCUT2D eigenvalue weighted by atomic mass is 32.2. The summed E-state index contributed by atoms with van der Waals surface area (Å²) in [5, 5.41) is 8.86. The summed E-state index contributed by atoms with van der Waals surface area (Å²) < 4.78 is 32.9. The Kier molecular flexibility index (Phi) is 5.96. The van der Waals surface area contributed by atoms with Crippen LogP contribution in [0.25, 0.3) is 0 Å². The maximum Gasteiger partial charge on any atom is 0.262 e. The largest absolute Gasteiger partial charge is 0.439 e. The second-order valence-corrected chi connectivity index (χ2v) is 8.35. The summed E-state index contributed by atoms with van der Waals surface area (Å²) >= 11 is 0. The Balaban J connectivity index is 2.19. The third-order valence-electron chi connectivity index (χ3n) is 3.51. The number of carbonyl (C=O) groups excluding carboxylic acids is 1. The van der Waals surface area contributed by atoms with Crippen molar-refractivity contribution in [2.45, 2.75) is 31.7 Å². The van der Waals surface area contributed by atoms with E-state index in [4.69, 9.17) is 9.94 Å². The minimum absolute atomic E-state index is 0.0362. The van der Waals surface area contributed by atoms with Crippen molar-refractivity contribution in [3.05, 3.63) is 48.7 Å². The summed E-state index contributed by atoms with van der Waals surface area (Å²) in [7, 11) is -3.98. The standard InChI is InChI=1S/C17H21N3O5S/c1-17(2,3)15(16(21)19-22)20-26(23,24)13-9-7-12(8-10-13)25-14-6-4-5-11-18-14/h4-11,15,20,22H,1-3H3,(H,19,21). The van der Waals surface area contributed by atoms with Crippen LogP contribution in [0.5, 0.6) is 11.6 Å². The van der Waals surface area contributed by atoms with Gasteiger partial charge in [-0.15, -0.1) is 0 Å². The molecule has 1 unspecified atom stereocenters. The van der Waals surface area contributed by atoms with E-state index < -0.39 is 27.4 Å². The molecule has 1 aromatic carbocycles. The van der Waals surface area contributed by atoms with E-state index >= 15 is 0 Å². The number of nitrogens with one attached hydrogen (secondary N) is 2. The quantitative estimate of drug-likeness (QED) is 0.522. The van der Waals surface area contributed by atoms with E-state index in [9.17, 15) is 13.2 Å². The summed E-state index contributed by atoms with van der Waals surface area (Å²) in [6, 6.07) is 9.74. The third kappa shape index (κ3) is 5.01. The van der Waals surface area contributed by atoms with Crippen molar-refractivity contribution in [1.29, 1.82) is 0 Å². The number of hydrogen-bond acceptors (Lipinski definition) is 6. The van der Waals surface area contributed by atoms with Crippen LogP contribution in [0.1, 0.15) is 20.8 Å². The van der Waals surface area contributed by atoms with Crippen LogP contribution in [0.4, 0.5) is 0 Å². The maximum absolute atomic E-state index is 12.6. The van der Waals surface area contributed by atoms with Gasteiger partial charge in [0.25, 0.3) is 5.91 Å². The fourth-order valence-electron chi connectivity index (χ4n) is 2.13. The van der Waals surface area contributed by atoms with Crippen molar-refractivity contribution in [3.8, 4) is 11.6 Å². The highest BCUT2D eigenvalue weighted by Crippen LogP contribution is 2.24. The number of benzene rings is 1. The lowest BCUT2D eigenvalue weighted by molar-refractivity contribution is -0.133. The molecule has 1 atom stereocenters. The summed E-state index contributed by atoms with van der Waals surface area (Å²) in [6.45, 7) is 5.04. The summed E-state index contributed by atoms with van der Waals surface area (Å²) in [4.78, 5) is 15.8. The molecule has 3 N–H and O–H groups in total. The molecule has 140 valence electrons. The molecule has 1 amide bonds. The molecule has 26 heavy (non-hydrogen) atoms. The molecule has 0 spiro atoms. The Morgan fingerprint density at radius 3 is 2.31 bits per heavy atom. The molecule has 8 nitrogen and oxygen atoms in total. The number of rotatable bonds is 6. The molecule has 0 saturated carbocycles. The Bertz CT molecular complexity index is 846. The monoisotopic (exact) mass is 379 g/mol. The lowest BCUT2D eigenvalue weighted by Crippen LogP contribution is -2.52. The topological polar surface area (TPSA) is 118 Å². The van der Waals surface area contributed by atoms with E-state index in [2.05, 4.69) is 9.71 Å². The Morgan fingerprint density at radius 2 is 1.81 bits per heavy atom. The van der Waals surface area contributed by atoms with E-state index in [1.165, 1.54) is 29.7 Å². The first kappa shape index (κ1) is 19.8. The zero-order valence-corrected chi connectivity index (χ0v) is 15.4. The van der Waals surface area contributed by atoms with Crippen LogP contribution in [-0.2, 0) is 14.8 Å². The van der Waals surface area contributed by atoms with Gasteiger partial charge in [0.2, 0.25) is 15.9 Å². The van der Waals surface area contributed by atoms with Crippen molar-refractivity contribution >= 4 is 15.9 Å². The minimum Gasteiger partial charge on any atom is -0.439 e. The molecule has 0 saturated heterocycles. The average molecular weight is 379 g/mol. The van der Waals surface area contributed by atoms with Crippen molar-refractivity contribution in [3.63, 3.8) is 0 Å². The number of hydrogen-bond donors (Lipinski definition) is 3. The van der Waals surface area contributed by atoms with Crippen LogP contribution in [0.15, 0.2) is 53.6 Å². The predicted molar refractivity (Wildman–Crippen MR) is 94.2 cm³/mol. The number of nitrogens with zero attached hydrogens (tertiary/aromatic N) is 1. The van der Waals surface area contributed by atoms with Crippen LogP contribution < -0.4 is 14.9 Å². The van der Waals surface area contributed by atoms with Crippen molar-refractivity contribution in [2.75, 3.05) is 0 Å². The van der Waals surface area contributed by atoms with E-state index in [0.717, 1.165) is 0 Å². The zero-order valence-electron chi connectivity index (χ0n) is 14.6. The lowest BCUT2D eigenvalue weighted by Gasteiger charge is -2.29. The molecular formula is C17H21N3O5S.